The summed E-state index contributed by atoms with van der Waals surface area (Å²) >= 11 is 0. The van der Waals surface area contributed by atoms with Crippen molar-refractivity contribution >= 4 is 16.9 Å². The summed E-state index contributed by atoms with van der Waals surface area (Å²) in [5, 5.41) is 2.96. The summed E-state index contributed by atoms with van der Waals surface area (Å²) in [5.41, 5.74) is 6.31. The molecule has 31 heavy (non-hydrogen) atoms. The second-order valence-electron chi connectivity index (χ2n) is 9.47. The van der Waals surface area contributed by atoms with Gasteiger partial charge in [-0.1, -0.05) is 30.3 Å². The lowest BCUT2D eigenvalue weighted by Crippen LogP contribution is -2.24. The molecule has 5 heteroatoms. The minimum absolute atomic E-state index is 0.0484. The monoisotopic (exact) mass is 412 g/mol. The summed E-state index contributed by atoms with van der Waals surface area (Å²) in [4.78, 5) is 20.5. The third kappa shape index (κ3) is 4.13. The fraction of sp³-hybridized carbons (Fsp3) is 0.308. The molecule has 0 bridgehead atoms. The lowest BCUT2D eigenvalue weighted by molar-refractivity contribution is 0.0950. The van der Waals surface area contributed by atoms with Crippen molar-refractivity contribution in [3.05, 3.63) is 77.9 Å². The van der Waals surface area contributed by atoms with Gasteiger partial charge in [-0.05, 0) is 74.4 Å². The number of nitrogens with one attached hydrogen (secondary N) is 2. The highest BCUT2D eigenvalue weighted by Crippen LogP contribution is 2.40. The molecule has 1 saturated carbocycles. The third-order valence-corrected chi connectivity index (χ3v) is 5.97. The number of carbonyl (C=O) groups is 1. The summed E-state index contributed by atoms with van der Waals surface area (Å²) in [6, 6.07) is 17.0. The molecule has 0 radical (unpaired) electrons. The Kier molecular flexibility index (Phi) is 4.69. The van der Waals surface area contributed by atoms with E-state index in [0.717, 1.165) is 28.3 Å². The van der Waals surface area contributed by atoms with Gasteiger partial charge in [-0.2, -0.15) is 0 Å². The van der Waals surface area contributed by atoms with Crippen molar-refractivity contribution in [2.75, 3.05) is 0 Å². The van der Waals surface area contributed by atoms with Crippen LogP contribution in [0.5, 0.6) is 0 Å². The molecule has 2 N–H and O–H groups in total. The number of rotatable bonds is 5. The van der Waals surface area contributed by atoms with Crippen molar-refractivity contribution in [3.63, 3.8) is 0 Å². The van der Waals surface area contributed by atoms with Crippen LogP contribution in [0.2, 0.25) is 0 Å². The van der Waals surface area contributed by atoms with Gasteiger partial charge in [-0.15, -0.1) is 0 Å². The van der Waals surface area contributed by atoms with E-state index in [9.17, 15) is 4.79 Å². The van der Waals surface area contributed by atoms with E-state index in [1.165, 1.54) is 24.0 Å². The molecule has 2 heterocycles. The molecule has 0 atom stereocenters. The van der Waals surface area contributed by atoms with Crippen molar-refractivity contribution in [1.29, 1.82) is 0 Å². The first kappa shape index (κ1) is 19.6. The van der Waals surface area contributed by atoms with Gasteiger partial charge in [0.25, 0.3) is 5.91 Å². The fourth-order valence-electron chi connectivity index (χ4n) is 3.90. The first-order valence-corrected chi connectivity index (χ1v) is 10.9. The minimum Gasteiger partial charge on any atom is -0.348 e. The maximum Gasteiger partial charge on any atom is 0.253 e. The molecule has 2 aromatic carbocycles. The summed E-state index contributed by atoms with van der Waals surface area (Å²) in [6.45, 7) is 6.69. The van der Waals surface area contributed by atoms with Crippen LogP contribution >= 0.6 is 0 Å². The molecule has 1 fully saturated rings. The Hall–Kier alpha value is -3.34. The van der Waals surface area contributed by atoms with Crippen molar-refractivity contribution in [1.82, 2.24) is 19.9 Å². The lowest BCUT2D eigenvalue weighted by atomic mass is 10.0. The summed E-state index contributed by atoms with van der Waals surface area (Å²) in [5.74, 6) is 1.42. The zero-order chi connectivity index (χ0) is 21.6. The van der Waals surface area contributed by atoms with Gasteiger partial charge in [0.1, 0.15) is 5.82 Å². The molecule has 0 aliphatic heterocycles. The molecule has 0 spiro atoms. The van der Waals surface area contributed by atoms with Crippen LogP contribution in [0.25, 0.3) is 22.2 Å². The molecular formula is C26H28N4O. The van der Waals surface area contributed by atoms with E-state index in [0.29, 0.717) is 12.1 Å². The lowest BCUT2D eigenvalue weighted by Gasteiger charge is -2.20. The SMILES string of the molecule is CC(C)(C)n1ccc(C(=O)NCc2nc3ccc(-c4ccc(C5CC5)cc4)cc3[nH]2)c1. The highest BCUT2D eigenvalue weighted by molar-refractivity contribution is 5.94. The van der Waals surface area contributed by atoms with Gasteiger partial charge in [0, 0.05) is 17.9 Å². The topological polar surface area (TPSA) is 62.7 Å². The molecule has 0 unspecified atom stereocenters. The van der Waals surface area contributed by atoms with Crippen molar-refractivity contribution in [2.24, 2.45) is 0 Å². The maximum atomic E-state index is 12.5. The molecule has 5 rings (SSSR count). The molecule has 1 aliphatic carbocycles. The normalized spacial score (nSPS) is 14.2. The van der Waals surface area contributed by atoms with Gasteiger partial charge < -0.3 is 14.9 Å². The zero-order valence-corrected chi connectivity index (χ0v) is 18.3. The van der Waals surface area contributed by atoms with E-state index in [1.807, 2.05) is 29.1 Å². The minimum atomic E-state index is -0.0973. The number of amides is 1. The Bertz CT molecular complexity index is 1240. The molecular weight excluding hydrogens is 384 g/mol. The fourth-order valence-corrected chi connectivity index (χ4v) is 3.90. The van der Waals surface area contributed by atoms with E-state index >= 15 is 0 Å². The first-order valence-electron chi connectivity index (χ1n) is 10.9. The van der Waals surface area contributed by atoms with Gasteiger partial charge in [0.15, 0.2) is 0 Å². The number of aromatic amines is 1. The van der Waals surface area contributed by atoms with Crippen LogP contribution in [0, 0.1) is 0 Å². The van der Waals surface area contributed by atoms with E-state index in [-0.39, 0.29) is 11.4 Å². The number of hydrogen-bond donors (Lipinski definition) is 2. The van der Waals surface area contributed by atoms with E-state index in [4.69, 9.17) is 0 Å². The van der Waals surface area contributed by atoms with Crippen LogP contribution in [0.1, 0.15) is 61.3 Å². The number of fused-ring (bicyclic) bond motifs is 1. The van der Waals surface area contributed by atoms with Crippen molar-refractivity contribution < 1.29 is 4.79 Å². The number of hydrogen-bond acceptors (Lipinski definition) is 2. The number of benzene rings is 2. The van der Waals surface area contributed by atoms with Gasteiger partial charge in [-0.3, -0.25) is 4.79 Å². The Labute approximate surface area is 182 Å². The first-order chi connectivity index (χ1) is 14.9. The van der Waals surface area contributed by atoms with Crippen LogP contribution in [-0.4, -0.2) is 20.4 Å². The summed E-state index contributed by atoms with van der Waals surface area (Å²) < 4.78 is 2.04. The van der Waals surface area contributed by atoms with Crippen LogP contribution < -0.4 is 5.32 Å². The zero-order valence-electron chi connectivity index (χ0n) is 18.3. The van der Waals surface area contributed by atoms with Crippen molar-refractivity contribution in [2.45, 2.75) is 51.6 Å². The van der Waals surface area contributed by atoms with E-state index < -0.39 is 0 Å². The molecule has 5 nitrogen and oxygen atoms in total. The number of nitrogens with zero attached hydrogens (tertiary/aromatic N) is 2. The molecule has 4 aromatic rings. The average molecular weight is 413 g/mol. The molecule has 2 aromatic heterocycles. The van der Waals surface area contributed by atoms with E-state index in [1.54, 1.807) is 0 Å². The van der Waals surface area contributed by atoms with E-state index in [2.05, 4.69) is 72.5 Å². The quantitative estimate of drug-likeness (QED) is 0.449. The maximum absolute atomic E-state index is 12.5. The second-order valence-corrected chi connectivity index (χ2v) is 9.47. The van der Waals surface area contributed by atoms with Crippen molar-refractivity contribution in [3.8, 4) is 11.1 Å². The van der Waals surface area contributed by atoms with Crippen LogP contribution in [-0.2, 0) is 12.1 Å². The highest BCUT2D eigenvalue weighted by atomic mass is 16.1. The molecule has 0 saturated heterocycles. The Morgan fingerprint density at radius 3 is 2.52 bits per heavy atom. The summed E-state index contributed by atoms with van der Waals surface area (Å²) in [7, 11) is 0. The average Bonchev–Trinajstić information content (AvgIpc) is 3.32. The summed E-state index contributed by atoms with van der Waals surface area (Å²) in [6.07, 6.45) is 6.46. The second kappa shape index (κ2) is 7.41. The number of aromatic nitrogens is 3. The number of H-pyrrole nitrogens is 1. The van der Waals surface area contributed by atoms with Gasteiger partial charge in [0.05, 0.1) is 23.1 Å². The van der Waals surface area contributed by atoms with Gasteiger partial charge in [-0.25, -0.2) is 4.98 Å². The molecule has 158 valence electrons. The standard InChI is InChI=1S/C26H28N4O/c1-26(2,3)30-13-12-21(16-30)25(31)27-15-24-28-22-11-10-20(14-23(22)29-24)19-8-6-18(7-9-19)17-4-5-17/h6-14,16-17H,4-5,15H2,1-3H3,(H,27,31)(H,28,29). The number of imidazole rings is 1. The number of carbonyl (C=O) groups excluding carboxylic acids is 1. The smallest absolute Gasteiger partial charge is 0.253 e. The van der Waals surface area contributed by atoms with Crippen LogP contribution in [0.4, 0.5) is 0 Å². The molecule has 1 aliphatic rings. The largest absolute Gasteiger partial charge is 0.348 e. The Balaban J connectivity index is 1.28. The predicted octanol–water partition coefficient (Wildman–Crippen LogP) is 5.59. The Morgan fingerprint density at radius 2 is 1.84 bits per heavy atom. The highest BCUT2D eigenvalue weighted by Gasteiger charge is 2.23. The predicted molar refractivity (Wildman–Crippen MR) is 124 cm³/mol. The van der Waals surface area contributed by atoms with Gasteiger partial charge >= 0.3 is 0 Å². The third-order valence-electron chi connectivity index (χ3n) is 5.97. The van der Waals surface area contributed by atoms with Crippen LogP contribution in [0.3, 0.4) is 0 Å². The van der Waals surface area contributed by atoms with Gasteiger partial charge in [0.2, 0.25) is 0 Å². The Morgan fingerprint density at radius 1 is 1.10 bits per heavy atom. The molecule has 1 amide bonds. The van der Waals surface area contributed by atoms with Crippen LogP contribution in [0.15, 0.2) is 60.9 Å².